The van der Waals surface area contributed by atoms with Gasteiger partial charge in [-0.3, -0.25) is 6.08 Å². The van der Waals surface area contributed by atoms with Crippen LogP contribution >= 0.6 is 0 Å². The van der Waals surface area contributed by atoms with E-state index in [-0.39, 0.29) is 20.3 Å². The van der Waals surface area contributed by atoms with Gasteiger partial charge in [-0.15, -0.1) is 6.92 Å². The first-order chi connectivity index (χ1) is 7.55. The van der Waals surface area contributed by atoms with Gasteiger partial charge in [0, 0.05) is 0 Å². The summed E-state index contributed by atoms with van der Waals surface area (Å²) in [5, 5.41) is 0. The Morgan fingerprint density at radius 1 is 1.22 bits per heavy atom. The van der Waals surface area contributed by atoms with Crippen LogP contribution in [0.1, 0.15) is 34.1 Å². The first kappa shape index (κ1) is 20.4. The normalized spacial score (nSPS) is 24.4. The zero-order chi connectivity index (χ0) is 12.3. The standard InChI is InChI=1S/C14H17.2CH3.Si.Zr/c1-10-9-14(4,12(3)11(10)2)13-7-5-6-8-13;;;;/h5-7H,8H2,1-4H3;2*1H3;;/q3*-1;;. The first-order valence-corrected chi connectivity index (χ1v) is 9.65. The molecule has 0 saturated heterocycles. The van der Waals surface area contributed by atoms with E-state index in [2.05, 4.69) is 58.9 Å². The molecule has 0 saturated carbocycles. The molecule has 1 atom stereocenters. The van der Waals surface area contributed by atoms with Gasteiger partial charge in [0.15, 0.2) is 0 Å². The van der Waals surface area contributed by atoms with Crippen LogP contribution in [0.3, 0.4) is 0 Å². The van der Waals surface area contributed by atoms with Gasteiger partial charge in [-0.1, -0.05) is 50.0 Å². The monoisotopic (exact) mass is 333 g/mol. The molecule has 2 heteroatoms. The topological polar surface area (TPSA) is 0 Å². The second-order valence-corrected chi connectivity index (χ2v) is 4.45. The van der Waals surface area contributed by atoms with Crippen molar-refractivity contribution in [2.75, 3.05) is 0 Å². The van der Waals surface area contributed by atoms with Crippen molar-refractivity contribution in [2.24, 2.45) is 5.41 Å². The van der Waals surface area contributed by atoms with Gasteiger partial charge in [0.1, 0.15) is 0 Å². The molecule has 0 aromatic heterocycles. The van der Waals surface area contributed by atoms with Gasteiger partial charge >= 0.3 is 30.2 Å². The molecule has 0 fully saturated rings. The van der Waals surface area contributed by atoms with Crippen LogP contribution in [-0.2, 0) is 23.3 Å². The predicted octanol–water partition coefficient (Wildman–Crippen LogP) is 4.50. The molecule has 2 aliphatic carbocycles. The van der Waals surface area contributed by atoms with Crippen LogP contribution in [0.2, 0.25) is 0 Å². The number of hydrogen-bond donors (Lipinski definition) is 0. The molecule has 0 heterocycles. The molecule has 2 aliphatic rings. The second kappa shape index (κ2) is 8.27. The number of allylic oxidation sites excluding steroid dienone is 8. The summed E-state index contributed by atoms with van der Waals surface area (Å²) in [4.78, 5) is 0. The van der Waals surface area contributed by atoms with Gasteiger partial charge in [0.25, 0.3) is 0 Å². The molecule has 2 rings (SSSR count). The summed E-state index contributed by atoms with van der Waals surface area (Å²) in [6.45, 7) is 11.9. The molecule has 2 radical (unpaired) electrons. The van der Waals surface area contributed by atoms with Crippen molar-refractivity contribution >= 4 is 6.88 Å². The van der Waals surface area contributed by atoms with Crippen LogP contribution in [0.5, 0.6) is 0 Å². The minimum absolute atomic E-state index is 0. The average molecular weight is 335 g/mol. The molecule has 0 amide bonds. The fourth-order valence-corrected chi connectivity index (χ4v) is 2.36. The summed E-state index contributed by atoms with van der Waals surface area (Å²) in [6, 6.07) is 0. The molecule has 98 valence electrons. The van der Waals surface area contributed by atoms with Crippen LogP contribution < -0.4 is 0 Å². The molecule has 0 bridgehead atoms. The quantitative estimate of drug-likeness (QED) is 0.489. The maximum atomic E-state index is 3.61. The van der Waals surface area contributed by atoms with Gasteiger partial charge in [-0.2, -0.15) is 11.1 Å². The zero-order valence-electron chi connectivity index (χ0n) is 12.4. The summed E-state index contributed by atoms with van der Waals surface area (Å²) >= 11 is 1.36. The zero-order valence-corrected chi connectivity index (χ0v) is 15.9. The van der Waals surface area contributed by atoms with Gasteiger partial charge in [0.2, 0.25) is 0 Å². The van der Waals surface area contributed by atoms with Crippen LogP contribution in [0.4, 0.5) is 0 Å². The Labute approximate surface area is 131 Å². The summed E-state index contributed by atoms with van der Waals surface area (Å²) in [6.07, 6.45) is 11.3. The number of hydrogen-bond acceptors (Lipinski definition) is 0. The van der Waals surface area contributed by atoms with E-state index in [1.807, 2.05) is 0 Å². The van der Waals surface area contributed by atoms with Crippen molar-refractivity contribution in [3.8, 4) is 0 Å². The van der Waals surface area contributed by atoms with E-state index in [0.29, 0.717) is 0 Å². The molecule has 0 nitrogen and oxygen atoms in total. The van der Waals surface area contributed by atoms with Crippen LogP contribution in [0.15, 0.2) is 40.5 Å². The molecular formula is C16H23SiZr-3. The molecule has 0 N–H and O–H groups in total. The van der Waals surface area contributed by atoms with Gasteiger partial charge in [-0.05, 0) is 6.42 Å². The average Bonchev–Trinajstić information content (AvgIpc) is 2.88. The SMILES string of the molecule is CC1=[C-]C(C)(C2=CC=CC2)C(C)=C1C.[CH3-].[CH3-].[Si]=[Zr]. The first-order valence-electron chi connectivity index (χ1n) is 5.47. The van der Waals surface area contributed by atoms with Crippen molar-refractivity contribution in [1.29, 1.82) is 0 Å². The third-order valence-corrected chi connectivity index (χ3v) is 3.73. The molecule has 0 aliphatic heterocycles. The molecular weight excluding hydrogens is 311 g/mol. The molecule has 0 aromatic rings. The van der Waals surface area contributed by atoms with E-state index < -0.39 is 0 Å². The van der Waals surface area contributed by atoms with E-state index >= 15 is 0 Å². The van der Waals surface area contributed by atoms with Crippen molar-refractivity contribution in [1.82, 2.24) is 0 Å². The fourth-order valence-electron chi connectivity index (χ4n) is 2.36. The third kappa shape index (κ3) is 3.54. The van der Waals surface area contributed by atoms with Crippen molar-refractivity contribution < 1.29 is 23.3 Å². The second-order valence-electron chi connectivity index (χ2n) is 4.45. The summed E-state index contributed by atoms with van der Waals surface area (Å²) in [5.74, 6) is 0. The Bertz CT molecular complexity index is 413. The summed E-state index contributed by atoms with van der Waals surface area (Å²) in [5.41, 5.74) is 5.74. The van der Waals surface area contributed by atoms with Gasteiger partial charge in [0.05, 0.1) is 0 Å². The van der Waals surface area contributed by atoms with Gasteiger partial charge < -0.3 is 14.9 Å². The van der Waals surface area contributed by atoms with E-state index in [1.165, 1.54) is 45.6 Å². The molecule has 0 spiro atoms. The van der Waals surface area contributed by atoms with Crippen molar-refractivity contribution in [2.45, 2.75) is 34.1 Å². The predicted molar refractivity (Wildman–Crippen MR) is 79.3 cm³/mol. The van der Waals surface area contributed by atoms with Crippen LogP contribution in [-0.4, -0.2) is 6.88 Å². The number of rotatable bonds is 1. The summed E-state index contributed by atoms with van der Waals surface area (Å²) in [7, 11) is 0. The Morgan fingerprint density at radius 2 is 1.78 bits per heavy atom. The van der Waals surface area contributed by atoms with E-state index in [1.54, 1.807) is 0 Å². The van der Waals surface area contributed by atoms with Crippen molar-refractivity contribution in [3.05, 3.63) is 61.4 Å². The van der Waals surface area contributed by atoms with Crippen LogP contribution in [0.25, 0.3) is 0 Å². The van der Waals surface area contributed by atoms with Crippen LogP contribution in [0, 0.1) is 26.3 Å². The van der Waals surface area contributed by atoms with Gasteiger partial charge in [-0.25, -0.2) is 5.57 Å². The Balaban J connectivity index is 0. The molecule has 0 aromatic carbocycles. The van der Waals surface area contributed by atoms with E-state index in [9.17, 15) is 0 Å². The molecule has 1 unspecified atom stereocenters. The maximum absolute atomic E-state index is 3.61. The Morgan fingerprint density at radius 3 is 2.11 bits per heavy atom. The van der Waals surface area contributed by atoms with E-state index in [0.717, 1.165) is 6.42 Å². The Hall–Kier alpha value is 0.0600. The Kier molecular flexibility index (Phi) is 9.37. The van der Waals surface area contributed by atoms with E-state index in [4.69, 9.17) is 0 Å². The summed E-state index contributed by atoms with van der Waals surface area (Å²) < 4.78 is 0. The van der Waals surface area contributed by atoms with Crippen molar-refractivity contribution in [3.63, 3.8) is 0 Å². The third-order valence-electron chi connectivity index (χ3n) is 3.73. The molecule has 18 heavy (non-hydrogen) atoms. The fraction of sp³-hybridized carbons (Fsp3) is 0.375. The minimum atomic E-state index is 0.